The molecule has 1 aromatic carbocycles. The highest BCUT2D eigenvalue weighted by Crippen LogP contribution is 2.40. The molecule has 2 heteroatoms. The first kappa shape index (κ1) is 12.0. The molecule has 3 rings (SSSR count). The van der Waals surface area contributed by atoms with Gasteiger partial charge in [-0.15, -0.1) is 0 Å². The van der Waals surface area contributed by atoms with Gasteiger partial charge in [-0.1, -0.05) is 18.2 Å². The number of anilines is 1. The van der Waals surface area contributed by atoms with Crippen LogP contribution in [-0.2, 0) is 0 Å². The van der Waals surface area contributed by atoms with E-state index >= 15 is 0 Å². The summed E-state index contributed by atoms with van der Waals surface area (Å²) in [6.07, 6.45) is 5.52. The first-order valence-corrected chi connectivity index (χ1v) is 7.30. The maximum atomic E-state index is 3.49. The molecular weight excluding hydrogens is 220 g/mol. The molecular formula is C16H24N2. The topological polar surface area (TPSA) is 15.3 Å². The Labute approximate surface area is 110 Å². The number of piperidine rings is 2. The molecule has 0 aromatic heterocycles. The quantitative estimate of drug-likeness (QED) is 0.817. The maximum absolute atomic E-state index is 3.49. The standard InChI is InChI=1S/C16H24N2/c1-14-4-2-3-5-15(14)18-12-8-16(9-13-18)6-10-17-11-7-16/h2-5,17H,6-13H2,1H3. The van der Waals surface area contributed by atoms with Crippen molar-refractivity contribution < 1.29 is 0 Å². The van der Waals surface area contributed by atoms with Crippen molar-refractivity contribution in [2.75, 3.05) is 31.1 Å². The largest absolute Gasteiger partial charge is 0.371 e. The van der Waals surface area contributed by atoms with Crippen molar-refractivity contribution in [1.29, 1.82) is 0 Å². The summed E-state index contributed by atoms with van der Waals surface area (Å²) < 4.78 is 0. The molecule has 2 nitrogen and oxygen atoms in total. The number of benzene rings is 1. The van der Waals surface area contributed by atoms with E-state index in [-0.39, 0.29) is 0 Å². The molecule has 2 aliphatic heterocycles. The molecule has 0 amide bonds. The van der Waals surface area contributed by atoms with E-state index in [4.69, 9.17) is 0 Å². The highest BCUT2D eigenvalue weighted by Gasteiger charge is 2.35. The Kier molecular flexibility index (Phi) is 3.29. The summed E-state index contributed by atoms with van der Waals surface area (Å²) in [5.41, 5.74) is 3.52. The van der Waals surface area contributed by atoms with Gasteiger partial charge in [-0.25, -0.2) is 0 Å². The lowest BCUT2D eigenvalue weighted by atomic mass is 9.71. The molecule has 18 heavy (non-hydrogen) atoms. The molecule has 2 fully saturated rings. The van der Waals surface area contributed by atoms with Gasteiger partial charge in [-0.2, -0.15) is 0 Å². The lowest BCUT2D eigenvalue weighted by Crippen LogP contribution is -2.45. The van der Waals surface area contributed by atoms with E-state index in [0.29, 0.717) is 5.41 Å². The third-order valence-electron chi connectivity index (χ3n) is 4.94. The minimum atomic E-state index is 0.657. The van der Waals surface area contributed by atoms with Crippen LogP contribution in [0.15, 0.2) is 24.3 Å². The number of aryl methyl sites for hydroxylation is 1. The van der Waals surface area contributed by atoms with Crippen LogP contribution in [0, 0.1) is 12.3 Å². The summed E-state index contributed by atoms with van der Waals surface area (Å²) in [6, 6.07) is 8.80. The Bertz CT molecular complexity index is 397. The van der Waals surface area contributed by atoms with Crippen LogP contribution >= 0.6 is 0 Å². The van der Waals surface area contributed by atoms with Crippen LogP contribution in [0.1, 0.15) is 31.2 Å². The van der Waals surface area contributed by atoms with Crippen LogP contribution in [0.3, 0.4) is 0 Å². The first-order chi connectivity index (χ1) is 8.79. The van der Waals surface area contributed by atoms with Gasteiger partial charge >= 0.3 is 0 Å². The van der Waals surface area contributed by atoms with Gasteiger partial charge in [0.05, 0.1) is 0 Å². The summed E-state index contributed by atoms with van der Waals surface area (Å²) in [5, 5.41) is 3.49. The Morgan fingerprint density at radius 2 is 1.67 bits per heavy atom. The molecule has 0 atom stereocenters. The minimum Gasteiger partial charge on any atom is -0.371 e. The van der Waals surface area contributed by atoms with E-state index in [9.17, 15) is 0 Å². The zero-order valence-corrected chi connectivity index (χ0v) is 11.4. The van der Waals surface area contributed by atoms with E-state index < -0.39 is 0 Å². The number of nitrogens with one attached hydrogen (secondary N) is 1. The van der Waals surface area contributed by atoms with Crippen LogP contribution < -0.4 is 10.2 Å². The Morgan fingerprint density at radius 3 is 2.33 bits per heavy atom. The number of nitrogens with zero attached hydrogens (tertiary/aromatic N) is 1. The van der Waals surface area contributed by atoms with Gasteiger partial charge in [-0.05, 0) is 62.7 Å². The van der Waals surface area contributed by atoms with E-state index in [2.05, 4.69) is 41.4 Å². The number of hydrogen-bond acceptors (Lipinski definition) is 2. The molecule has 1 spiro atoms. The van der Waals surface area contributed by atoms with Crippen LogP contribution in [0.25, 0.3) is 0 Å². The molecule has 98 valence electrons. The molecule has 2 saturated heterocycles. The summed E-state index contributed by atoms with van der Waals surface area (Å²) in [7, 11) is 0. The normalized spacial score (nSPS) is 23.3. The average Bonchev–Trinajstić information content (AvgIpc) is 2.42. The number of rotatable bonds is 1. The minimum absolute atomic E-state index is 0.657. The van der Waals surface area contributed by atoms with Crippen molar-refractivity contribution in [1.82, 2.24) is 5.32 Å². The van der Waals surface area contributed by atoms with E-state index in [1.165, 1.54) is 63.1 Å². The van der Waals surface area contributed by atoms with E-state index in [1.54, 1.807) is 0 Å². The number of hydrogen-bond donors (Lipinski definition) is 1. The smallest absolute Gasteiger partial charge is 0.0395 e. The first-order valence-electron chi connectivity index (χ1n) is 7.30. The molecule has 0 aliphatic carbocycles. The summed E-state index contributed by atoms with van der Waals surface area (Å²) in [5.74, 6) is 0. The molecule has 0 radical (unpaired) electrons. The summed E-state index contributed by atoms with van der Waals surface area (Å²) in [4.78, 5) is 2.59. The van der Waals surface area contributed by atoms with Crippen LogP contribution in [-0.4, -0.2) is 26.2 Å². The van der Waals surface area contributed by atoms with Crippen molar-refractivity contribution >= 4 is 5.69 Å². The van der Waals surface area contributed by atoms with E-state index in [1.807, 2.05) is 0 Å². The number of para-hydroxylation sites is 1. The van der Waals surface area contributed by atoms with Gasteiger partial charge in [0.15, 0.2) is 0 Å². The van der Waals surface area contributed by atoms with E-state index in [0.717, 1.165) is 0 Å². The fourth-order valence-electron chi connectivity index (χ4n) is 3.60. The van der Waals surface area contributed by atoms with Gasteiger partial charge in [0, 0.05) is 18.8 Å². The average molecular weight is 244 g/mol. The van der Waals surface area contributed by atoms with Gasteiger partial charge in [0.25, 0.3) is 0 Å². The second-order valence-corrected chi connectivity index (χ2v) is 6.02. The maximum Gasteiger partial charge on any atom is 0.0395 e. The van der Waals surface area contributed by atoms with Crippen molar-refractivity contribution in [2.24, 2.45) is 5.41 Å². The predicted molar refractivity (Wildman–Crippen MR) is 77.2 cm³/mol. The highest BCUT2D eigenvalue weighted by molar-refractivity contribution is 5.53. The highest BCUT2D eigenvalue weighted by atomic mass is 15.1. The molecule has 2 heterocycles. The van der Waals surface area contributed by atoms with Crippen LogP contribution in [0.5, 0.6) is 0 Å². The van der Waals surface area contributed by atoms with Crippen molar-refractivity contribution in [2.45, 2.75) is 32.6 Å². The summed E-state index contributed by atoms with van der Waals surface area (Å²) in [6.45, 7) is 7.16. The Hall–Kier alpha value is -1.02. The fourth-order valence-corrected chi connectivity index (χ4v) is 3.60. The second-order valence-electron chi connectivity index (χ2n) is 6.02. The molecule has 1 aromatic rings. The third kappa shape index (κ3) is 2.26. The Morgan fingerprint density at radius 1 is 1.00 bits per heavy atom. The lowest BCUT2D eigenvalue weighted by Gasteiger charge is -2.45. The second kappa shape index (κ2) is 4.93. The van der Waals surface area contributed by atoms with Crippen LogP contribution in [0.2, 0.25) is 0 Å². The lowest BCUT2D eigenvalue weighted by molar-refractivity contribution is 0.155. The molecule has 0 bridgehead atoms. The van der Waals surface area contributed by atoms with Crippen LogP contribution in [0.4, 0.5) is 5.69 Å². The third-order valence-corrected chi connectivity index (χ3v) is 4.94. The SMILES string of the molecule is Cc1ccccc1N1CCC2(CCNCC2)CC1. The molecule has 0 saturated carbocycles. The zero-order valence-electron chi connectivity index (χ0n) is 11.4. The molecule has 2 aliphatic rings. The van der Waals surface area contributed by atoms with Crippen molar-refractivity contribution in [3.63, 3.8) is 0 Å². The van der Waals surface area contributed by atoms with Crippen molar-refractivity contribution in [3.8, 4) is 0 Å². The van der Waals surface area contributed by atoms with Gasteiger partial charge in [0.1, 0.15) is 0 Å². The molecule has 0 unspecified atom stereocenters. The zero-order chi connectivity index (χ0) is 12.4. The van der Waals surface area contributed by atoms with Gasteiger partial charge < -0.3 is 10.2 Å². The van der Waals surface area contributed by atoms with Gasteiger partial charge in [-0.3, -0.25) is 0 Å². The predicted octanol–water partition coefficient (Wildman–Crippen LogP) is 2.97. The Balaban J connectivity index is 1.68. The van der Waals surface area contributed by atoms with Crippen molar-refractivity contribution in [3.05, 3.63) is 29.8 Å². The fraction of sp³-hybridized carbons (Fsp3) is 0.625. The molecule has 1 N–H and O–H groups in total. The monoisotopic (exact) mass is 244 g/mol. The summed E-state index contributed by atoms with van der Waals surface area (Å²) >= 11 is 0. The van der Waals surface area contributed by atoms with Gasteiger partial charge in [0.2, 0.25) is 0 Å².